The van der Waals surface area contributed by atoms with Crippen LogP contribution in [0.2, 0.25) is 0 Å². The molecule has 1 unspecified atom stereocenters. The molecule has 0 spiro atoms. The van der Waals surface area contributed by atoms with E-state index in [1.165, 1.54) is 7.11 Å². The third-order valence-corrected chi connectivity index (χ3v) is 2.17. The second-order valence-electron chi connectivity index (χ2n) is 3.58. The molecule has 0 heterocycles. The normalized spacial score (nSPS) is 11.8. The standard InChI is InChI=1S/C12H15NO4/c1-17-8-10(12(15)16)13-11(14)7-9-5-3-2-4-6-9/h2-6,10H,7-8H2,1H3,(H,13,14)(H,15,16). The number of methoxy groups -OCH3 is 1. The summed E-state index contributed by atoms with van der Waals surface area (Å²) in [6, 6.07) is 8.12. The summed E-state index contributed by atoms with van der Waals surface area (Å²) in [5, 5.41) is 11.2. The van der Waals surface area contributed by atoms with E-state index in [2.05, 4.69) is 5.32 Å². The fourth-order valence-electron chi connectivity index (χ4n) is 1.37. The lowest BCUT2D eigenvalue weighted by Crippen LogP contribution is -2.44. The van der Waals surface area contributed by atoms with Crippen molar-refractivity contribution in [2.75, 3.05) is 13.7 Å². The van der Waals surface area contributed by atoms with Gasteiger partial charge in [-0.05, 0) is 5.56 Å². The van der Waals surface area contributed by atoms with E-state index >= 15 is 0 Å². The molecule has 0 fully saturated rings. The van der Waals surface area contributed by atoms with E-state index in [-0.39, 0.29) is 18.9 Å². The monoisotopic (exact) mass is 237 g/mol. The zero-order valence-electron chi connectivity index (χ0n) is 9.55. The number of amides is 1. The third kappa shape index (κ3) is 4.65. The number of nitrogens with one attached hydrogen (secondary N) is 1. The number of hydrogen-bond acceptors (Lipinski definition) is 3. The van der Waals surface area contributed by atoms with Crippen LogP contribution in [0.5, 0.6) is 0 Å². The van der Waals surface area contributed by atoms with Crippen LogP contribution in [0.15, 0.2) is 30.3 Å². The first-order chi connectivity index (χ1) is 8.13. The molecule has 5 nitrogen and oxygen atoms in total. The lowest BCUT2D eigenvalue weighted by atomic mass is 10.1. The zero-order valence-corrected chi connectivity index (χ0v) is 9.55. The first-order valence-electron chi connectivity index (χ1n) is 5.18. The van der Waals surface area contributed by atoms with E-state index in [1.807, 2.05) is 30.3 Å². The van der Waals surface area contributed by atoms with Crippen molar-refractivity contribution < 1.29 is 19.4 Å². The number of rotatable bonds is 6. The highest BCUT2D eigenvalue weighted by Gasteiger charge is 2.19. The molecular formula is C12H15NO4. The molecule has 0 aliphatic heterocycles. The van der Waals surface area contributed by atoms with Crippen molar-refractivity contribution in [2.45, 2.75) is 12.5 Å². The van der Waals surface area contributed by atoms with Gasteiger partial charge in [0.05, 0.1) is 13.0 Å². The molecular weight excluding hydrogens is 222 g/mol. The Morgan fingerprint density at radius 1 is 1.35 bits per heavy atom. The van der Waals surface area contributed by atoms with Crippen LogP contribution in [-0.4, -0.2) is 36.7 Å². The van der Waals surface area contributed by atoms with Gasteiger partial charge in [-0.2, -0.15) is 0 Å². The summed E-state index contributed by atoms with van der Waals surface area (Å²) in [5.74, 6) is -1.44. The second kappa shape index (κ2) is 6.65. The molecule has 2 N–H and O–H groups in total. The summed E-state index contributed by atoms with van der Waals surface area (Å²) in [7, 11) is 1.39. The third-order valence-electron chi connectivity index (χ3n) is 2.17. The van der Waals surface area contributed by atoms with E-state index in [0.717, 1.165) is 5.56 Å². The molecule has 1 aromatic carbocycles. The molecule has 17 heavy (non-hydrogen) atoms. The van der Waals surface area contributed by atoms with Crippen LogP contribution in [0.25, 0.3) is 0 Å². The van der Waals surface area contributed by atoms with Crippen molar-refractivity contribution in [3.63, 3.8) is 0 Å². The summed E-state index contributed by atoms with van der Waals surface area (Å²) < 4.78 is 4.72. The minimum atomic E-state index is -1.10. The number of carbonyl (C=O) groups excluding carboxylic acids is 1. The summed E-state index contributed by atoms with van der Waals surface area (Å²) >= 11 is 0. The molecule has 0 saturated heterocycles. The van der Waals surface area contributed by atoms with Gasteiger partial charge in [0.2, 0.25) is 5.91 Å². The van der Waals surface area contributed by atoms with Crippen molar-refractivity contribution in [1.82, 2.24) is 5.32 Å². The summed E-state index contributed by atoms with van der Waals surface area (Å²) in [4.78, 5) is 22.4. The molecule has 0 aliphatic rings. The molecule has 1 atom stereocenters. The van der Waals surface area contributed by atoms with E-state index in [4.69, 9.17) is 9.84 Å². The molecule has 92 valence electrons. The van der Waals surface area contributed by atoms with Crippen molar-refractivity contribution >= 4 is 11.9 Å². The van der Waals surface area contributed by atoms with Crippen molar-refractivity contribution in [3.05, 3.63) is 35.9 Å². The topological polar surface area (TPSA) is 75.6 Å². The maximum atomic E-state index is 11.6. The highest BCUT2D eigenvalue weighted by Crippen LogP contribution is 1.99. The SMILES string of the molecule is COCC(NC(=O)Cc1ccccc1)C(=O)O. The van der Waals surface area contributed by atoms with Crippen LogP contribution in [0.4, 0.5) is 0 Å². The van der Waals surface area contributed by atoms with Crippen molar-refractivity contribution in [2.24, 2.45) is 0 Å². The fraction of sp³-hybridized carbons (Fsp3) is 0.333. The number of ether oxygens (including phenoxy) is 1. The number of hydrogen-bond donors (Lipinski definition) is 2. The van der Waals surface area contributed by atoms with E-state index in [9.17, 15) is 9.59 Å². The van der Waals surface area contributed by atoms with Gasteiger partial charge < -0.3 is 15.2 Å². The van der Waals surface area contributed by atoms with E-state index < -0.39 is 12.0 Å². The summed E-state index contributed by atoms with van der Waals surface area (Å²) in [6.45, 7) is -0.0458. The number of carbonyl (C=O) groups is 2. The zero-order chi connectivity index (χ0) is 12.7. The van der Waals surface area contributed by atoms with Gasteiger partial charge in [0.15, 0.2) is 6.04 Å². The average Bonchev–Trinajstić information content (AvgIpc) is 2.29. The van der Waals surface area contributed by atoms with Crippen LogP contribution in [0.3, 0.4) is 0 Å². The molecule has 0 saturated carbocycles. The van der Waals surface area contributed by atoms with Gasteiger partial charge in [0.1, 0.15) is 0 Å². The molecule has 0 aromatic heterocycles. The Morgan fingerprint density at radius 3 is 2.53 bits per heavy atom. The molecule has 5 heteroatoms. The van der Waals surface area contributed by atoms with Gasteiger partial charge in [-0.1, -0.05) is 30.3 Å². The number of carboxylic acids is 1. The molecule has 1 rings (SSSR count). The first-order valence-corrected chi connectivity index (χ1v) is 5.18. The minimum absolute atomic E-state index is 0.0458. The molecule has 0 radical (unpaired) electrons. The van der Waals surface area contributed by atoms with Gasteiger partial charge in [-0.15, -0.1) is 0 Å². The minimum Gasteiger partial charge on any atom is -0.480 e. The van der Waals surface area contributed by atoms with Crippen LogP contribution in [-0.2, 0) is 20.7 Å². The Balaban J connectivity index is 2.51. The quantitative estimate of drug-likeness (QED) is 0.753. The Labute approximate surface area is 99.4 Å². The maximum Gasteiger partial charge on any atom is 0.328 e. The summed E-state index contributed by atoms with van der Waals surface area (Å²) in [6.07, 6.45) is 0.161. The number of benzene rings is 1. The van der Waals surface area contributed by atoms with Gasteiger partial charge in [-0.3, -0.25) is 4.79 Å². The lowest BCUT2D eigenvalue weighted by Gasteiger charge is -2.13. The molecule has 1 aromatic rings. The molecule has 0 bridgehead atoms. The van der Waals surface area contributed by atoms with Gasteiger partial charge in [0, 0.05) is 7.11 Å². The average molecular weight is 237 g/mol. The van der Waals surface area contributed by atoms with Crippen LogP contribution in [0, 0.1) is 0 Å². The Kier molecular flexibility index (Phi) is 5.16. The fourth-order valence-corrected chi connectivity index (χ4v) is 1.37. The molecule has 0 aliphatic carbocycles. The second-order valence-corrected chi connectivity index (χ2v) is 3.58. The first kappa shape index (κ1) is 13.2. The highest BCUT2D eigenvalue weighted by atomic mass is 16.5. The maximum absolute atomic E-state index is 11.6. The lowest BCUT2D eigenvalue weighted by molar-refractivity contribution is -0.143. The van der Waals surface area contributed by atoms with Gasteiger partial charge in [-0.25, -0.2) is 4.79 Å². The molecule has 1 amide bonds. The van der Waals surface area contributed by atoms with Crippen LogP contribution < -0.4 is 5.32 Å². The Bertz CT molecular complexity index is 377. The largest absolute Gasteiger partial charge is 0.480 e. The Hall–Kier alpha value is -1.88. The highest BCUT2D eigenvalue weighted by molar-refractivity contribution is 5.84. The Morgan fingerprint density at radius 2 is 2.00 bits per heavy atom. The van der Waals surface area contributed by atoms with E-state index in [0.29, 0.717) is 0 Å². The van der Waals surface area contributed by atoms with Crippen molar-refractivity contribution in [1.29, 1.82) is 0 Å². The summed E-state index contributed by atoms with van der Waals surface area (Å²) in [5.41, 5.74) is 0.839. The van der Waals surface area contributed by atoms with Gasteiger partial charge in [0.25, 0.3) is 0 Å². The van der Waals surface area contributed by atoms with Crippen LogP contribution >= 0.6 is 0 Å². The number of carboxylic acid groups (broad SMARTS) is 1. The predicted molar refractivity (Wildman–Crippen MR) is 61.6 cm³/mol. The smallest absolute Gasteiger partial charge is 0.328 e. The number of aliphatic carboxylic acids is 1. The predicted octanol–water partition coefficient (Wildman–Crippen LogP) is 0.445. The van der Waals surface area contributed by atoms with E-state index in [1.54, 1.807) is 0 Å². The van der Waals surface area contributed by atoms with Crippen molar-refractivity contribution in [3.8, 4) is 0 Å². The van der Waals surface area contributed by atoms with Gasteiger partial charge >= 0.3 is 5.97 Å². The van der Waals surface area contributed by atoms with Crippen LogP contribution in [0.1, 0.15) is 5.56 Å².